The van der Waals surface area contributed by atoms with Crippen molar-refractivity contribution < 1.29 is 9.84 Å². The molecule has 19 heavy (non-hydrogen) atoms. The van der Waals surface area contributed by atoms with Gasteiger partial charge in [0.2, 0.25) is 0 Å². The molecule has 2 rings (SSSR count). The van der Waals surface area contributed by atoms with Gasteiger partial charge in [-0.3, -0.25) is 0 Å². The van der Waals surface area contributed by atoms with Crippen molar-refractivity contribution in [2.75, 3.05) is 31.3 Å². The Bertz CT molecular complexity index is 409. The number of ether oxygens (including phenoxy) is 1. The van der Waals surface area contributed by atoms with Crippen molar-refractivity contribution in [3.05, 3.63) is 29.8 Å². The molecule has 1 aromatic rings. The molecule has 1 unspecified atom stereocenters. The van der Waals surface area contributed by atoms with E-state index >= 15 is 0 Å². The van der Waals surface area contributed by atoms with Crippen molar-refractivity contribution in [3.8, 4) is 0 Å². The average Bonchev–Trinajstić information content (AvgIpc) is 2.39. The molecular weight excluding hydrogens is 238 g/mol. The lowest BCUT2D eigenvalue weighted by Gasteiger charge is -2.40. The van der Waals surface area contributed by atoms with E-state index in [-0.39, 0.29) is 18.1 Å². The Morgan fingerprint density at radius 2 is 2.05 bits per heavy atom. The fraction of sp³-hybridized carbons (Fsp3) is 0.625. The Hall–Kier alpha value is -1.06. The molecule has 0 radical (unpaired) electrons. The molecule has 1 aliphatic heterocycles. The van der Waals surface area contributed by atoms with Crippen molar-refractivity contribution in [1.29, 1.82) is 0 Å². The van der Waals surface area contributed by atoms with Gasteiger partial charge in [0.15, 0.2) is 0 Å². The highest BCUT2D eigenvalue weighted by Crippen LogP contribution is 2.33. The highest BCUT2D eigenvalue weighted by molar-refractivity contribution is 5.57. The third-order valence-corrected chi connectivity index (χ3v) is 3.71. The first-order chi connectivity index (χ1) is 9.04. The summed E-state index contributed by atoms with van der Waals surface area (Å²) < 4.78 is 5.56. The SMILES string of the molecule is CC(C)(C)c1ccccc1N1CCOCC1CCO. The molecule has 1 aliphatic rings. The van der Waals surface area contributed by atoms with Gasteiger partial charge in [-0.2, -0.15) is 0 Å². The molecule has 1 saturated heterocycles. The molecule has 0 aromatic heterocycles. The van der Waals surface area contributed by atoms with Crippen LogP contribution in [0.4, 0.5) is 5.69 Å². The van der Waals surface area contributed by atoms with Crippen LogP contribution >= 0.6 is 0 Å². The number of anilines is 1. The van der Waals surface area contributed by atoms with Crippen LogP contribution in [0.25, 0.3) is 0 Å². The van der Waals surface area contributed by atoms with Crippen molar-refractivity contribution in [2.24, 2.45) is 0 Å². The molecular formula is C16H25NO2. The standard InChI is InChI=1S/C16H25NO2/c1-16(2,3)14-6-4-5-7-15(14)17-9-11-19-12-13(17)8-10-18/h4-7,13,18H,8-12H2,1-3H3. The van der Waals surface area contributed by atoms with Crippen molar-refractivity contribution in [3.63, 3.8) is 0 Å². The number of aliphatic hydroxyl groups is 1. The Kier molecular flexibility index (Phi) is 4.48. The van der Waals surface area contributed by atoms with Crippen molar-refractivity contribution >= 4 is 5.69 Å². The van der Waals surface area contributed by atoms with Crippen LogP contribution in [0.5, 0.6) is 0 Å². The van der Waals surface area contributed by atoms with Crippen LogP contribution in [0.2, 0.25) is 0 Å². The summed E-state index contributed by atoms with van der Waals surface area (Å²) in [7, 11) is 0. The molecule has 1 heterocycles. The number of hydrogen-bond acceptors (Lipinski definition) is 3. The third kappa shape index (κ3) is 3.28. The number of benzene rings is 1. The molecule has 3 heteroatoms. The van der Waals surface area contributed by atoms with Gasteiger partial charge >= 0.3 is 0 Å². The lowest BCUT2D eigenvalue weighted by molar-refractivity contribution is 0.0848. The molecule has 3 nitrogen and oxygen atoms in total. The zero-order valence-electron chi connectivity index (χ0n) is 12.2. The van der Waals surface area contributed by atoms with Gasteiger partial charge in [-0.25, -0.2) is 0 Å². The zero-order valence-corrected chi connectivity index (χ0v) is 12.2. The Labute approximate surface area is 116 Å². The maximum absolute atomic E-state index is 9.23. The first-order valence-electron chi connectivity index (χ1n) is 7.09. The number of nitrogens with zero attached hydrogens (tertiary/aromatic N) is 1. The maximum atomic E-state index is 9.23. The van der Waals surface area contributed by atoms with E-state index in [4.69, 9.17) is 4.74 Å². The monoisotopic (exact) mass is 263 g/mol. The minimum atomic E-state index is 0.124. The van der Waals surface area contributed by atoms with Gasteiger partial charge in [-0.1, -0.05) is 39.0 Å². The average molecular weight is 263 g/mol. The predicted molar refractivity (Wildman–Crippen MR) is 78.8 cm³/mol. The van der Waals surface area contributed by atoms with Crippen LogP contribution in [0.1, 0.15) is 32.8 Å². The molecule has 106 valence electrons. The first-order valence-corrected chi connectivity index (χ1v) is 7.09. The third-order valence-electron chi connectivity index (χ3n) is 3.71. The Morgan fingerprint density at radius 3 is 2.74 bits per heavy atom. The predicted octanol–water partition coefficient (Wildman–Crippen LogP) is 2.57. The summed E-state index contributed by atoms with van der Waals surface area (Å²) in [5.74, 6) is 0. The van der Waals surface area contributed by atoms with E-state index in [1.54, 1.807) is 0 Å². The van der Waals surface area contributed by atoms with E-state index in [0.717, 1.165) is 19.6 Å². The van der Waals surface area contributed by atoms with E-state index in [1.165, 1.54) is 11.3 Å². The molecule has 1 N–H and O–H groups in total. The van der Waals surface area contributed by atoms with Crippen LogP contribution in [-0.2, 0) is 10.2 Å². The summed E-state index contributed by atoms with van der Waals surface area (Å²) in [6, 6.07) is 8.88. The molecule has 0 amide bonds. The van der Waals surface area contributed by atoms with Gasteiger partial charge in [0.1, 0.15) is 0 Å². The topological polar surface area (TPSA) is 32.7 Å². The smallest absolute Gasteiger partial charge is 0.0671 e. The number of para-hydroxylation sites is 1. The highest BCUT2D eigenvalue weighted by Gasteiger charge is 2.27. The molecule has 1 aromatic carbocycles. The fourth-order valence-electron chi connectivity index (χ4n) is 2.72. The molecule has 0 aliphatic carbocycles. The van der Waals surface area contributed by atoms with Crippen molar-refractivity contribution in [1.82, 2.24) is 0 Å². The summed E-state index contributed by atoms with van der Waals surface area (Å²) >= 11 is 0. The minimum Gasteiger partial charge on any atom is -0.396 e. The van der Waals surface area contributed by atoms with Crippen LogP contribution in [-0.4, -0.2) is 37.5 Å². The normalized spacial score (nSPS) is 20.6. The summed E-state index contributed by atoms with van der Waals surface area (Å²) in [6.07, 6.45) is 0.762. The molecule has 0 spiro atoms. The number of rotatable bonds is 3. The summed E-state index contributed by atoms with van der Waals surface area (Å²) in [5.41, 5.74) is 2.77. The summed E-state index contributed by atoms with van der Waals surface area (Å²) in [4.78, 5) is 2.40. The largest absolute Gasteiger partial charge is 0.396 e. The van der Waals surface area contributed by atoms with Crippen LogP contribution in [0, 0.1) is 0 Å². The molecule has 1 fully saturated rings. The van der Waals surface area contributed by atoms with Crippen LogP contribution < -0.4 is 4.90 Å². The number of hydrogen-bond donors (Lipinski definition) is 1. The van der Waals surface area contributed by atoms with Gasteiger partial charge in [-0.05, 0) is 23.5 Å². The van der Waals surface area contributed by atoms with Gasteiger partial charge in [0.05, 0.1) is 19.3 Å². The van der Waals surface area contributed by atoms with Crippen LogP contribution in [0.15, 0.2) is 24.3 Å². The fourth-order valence-corrected chi connectivity index (χ4v) is 2.72. The Balaban J connectivity index is 2.33. The molecule has 1 atom stereocenters. The minimum absolute atomic E-state index is 0.124. The Morgan fingerprint density at radius 1 is 1.32 bits per heavy atom. The number of morpholine rings is 1. The second-order valence-corrected chi connectivity index (χ2v) is 6.20. The highest BCUT2D eigenvalue weighted by atomic mass is 16.5. The number of aliphatic hydroxyl groups excluding tert-OH is 1. The van der Waals surface area contributed by atoms with Gasteiger partial charge in [-0.15, -0.1) is 0 Å². The van der Waals surface area contributed by atoms with E-state index in [9.17, 15) is 5.11 Å². The van der Waals surface area contributed by atoms with E-state index < -0.39 is 0 Å². The summed E-state index contributed by atoms with van der Waals surface area (Å²) in [5, 5.41) is 9.23. The maximum Gasteiger partial charge on any atom is 0.0671 e. The zero-order chi connectivity index (χ0) is 13.9. The van der Waals surface area contributed by atoms with Crippen LogP contribution in [0.3, 0.4) is 0 Å². The van der Waals surface area contributed by atoms with Gasteiger partial charge in [0.25, 0.3) is 0 Å². The van der Waals surface area contributed by atoms with E-state index in [0.29, 0.717) is 6.61 Å². The second kappa shape index (κ2) is 5.93. The lowest BCUT2D eigenvalue weighted by Crippen LogP contribution is -2.46. The first kappa shape index (κ1) is 14.4. The van der Waals surface area contributed by atoms with Gasteiger partial charge in [0, 0.05) is 18.8 Å². The van der Waals surface area contributed by atoms with Gasteiger partial charge < -0.3 is 14.7 Å². The van der Waals surface area contributed by atoms with Crippen molar-refractivity contribution in [2.45, 2.75) is 38.6 Å². The second-order valence-electron chi connectivity index (χ2n) is 6.20. The quantitative estimate of drug-likeness (QED) is 0.910. The molecule has 0 bridgehead atoms. The van der Waals surface area contributed by atoms with E-state index in [1.807, 2.05) is 0 Å². The molecule has 0 saturated carbocycles. The van der Waals surface area contributed by atoms with E-state index in [2.05, 4.69) is 49.9 Å². The lowest BCUT2D eigenvalue weighted by atomic mass is 9.85. The summed E-state index contributed by atoms with van der Waals surface area (Å²) in [6.45, 7) is 9.31.